The maximum atomic E-state index is 14.7. The highest BCUT2D eigenvalue weighted by molar-refractivity contribution is 6.30. The third-order valence-corrected chi connectivity index (χ3v) is 5.63. The molecular weight excluding hydrogens is 451 g/mol. The van der Waals surface area contributed by atoms with E-state index in [4.69, 9.17) is 22.1 Å². The zero-order valence-electron chi connectivity index (χ0n) is 18.1. The van der Waals surface area contributed by atoms with E-state index in [0.717, 1.165) is 33.4 Å². The summed E-state index contributed by atoms with van der Waals surface area (Å²) < 4.78 is 20.3. The average Bonchev–Trinajstić information content (AvgIpc) is 2.88. The molecule has 7 heteroatoms. The van der Waals surface area contributed by atoms with Gasteiger partial charge in [0.15, 0.2) is 5.65 Å². The smallest absolute Gasteiger partial charge is 0.160 e. The Balaban J connectivity index is 1.65. The highest BCUT2D eigenvalue weighted by atomic mass is 35.5. The molecule has 3 heterocycles. The zero-order chi connectivity index (χ0) is 23.5. The molecule has 5 nitrogen and oxygen atoms in total. The van der Waals surface area contributed by atoms with Gasteiger partial charge in [-0.3, -0.25) is 4.98 Å². The first kappa shape index (κ1) is 21.9. The topological polar surface area (TPSA) is 73.9 Å². The molecule has 2 aromatic carbocycles. The lowest BCUT2D eigenvalue weighted by Crippen LogP contribution is -2.10. The maximum Gasteiger partial charge on any atom is 0.160 e. The summed E-state index contributed by atoms with van der Waals surface area (Å²) >= 11 is 6.14. The van der Waals surface area contributed by atoms with Gasteiger partial charge in [0.2, 0.25) is 0 Å². The fourth-order valence-corrected chi connectivity index (χ4v) is 3.99. The van der Waals surface area contributed by atoms with Crippen LogP contribution in [0, 0.1) is 5.82 Å². The van der Waals surface area contributed by atoms with E-state index < -0.39 is 5.82 Å². The van der Waals surface area contributed by atoms with Crippen molar-refractivity contribution in [2.45, 2.75) is 0 Å². The number of rotatable bonds is 6. The lowest BCUT2D eigenvalue weighted by atomic mass is 9.98. The number of hydrogen-bond donors (Lipinski definition) is 1. The van der Waals surface area contributed by atoms with Crippen LogP contribution in [0.4, 0.5) is 4.39 Å². The summed E-state index contributed by atoms with van der Waals surface area (Å²) in [6, 6.07) is 19.9. The van der Waals surface area contributed by atoms with Gasteiger partial charge in [0.05, 0.1) is 5.69 Å². The molecule has 2 N–H and O–H groups in total. The predicted octanol–water partition coefficient (Wildman–Crippen LogP) is 6.16. The van der Waals surface area contributed by atoms with Crippen LogP contribution >= 0.6 is 11.6 Å². The second-order valence-corrected chi connectivity index (χ2v) is 8.12. The lowest BCUT2D eigenvalue weighted by Gasteiger charge is -2.12. The minimum absolute atomic E-state index is 0.315. The van der Waals surface area contributed by atoms with Gasteiger partial charge in [0, 0.05) is 52.2 Å². The predicted molar refractivity (Wildman–Crippen MR) is 133 cm³/mol. The monoisotopic (exact) mass is 470 g/mol. The van der Waals surface area contributed by atoms with Crippen molar-refractivity contribution in [1.82, 2.24) is 15.0 Å². The molecule has 168 valence electrons. The van der Waals surface area contributed by atoms with Crippen molar-refractivity contribution in [3.63, 3.8) is 0 Å². The summed E-state index contributed by atoms with van der Waals surface area (Å²) in [5.41, 5.74) is 10.4. The maximum absolute atomic E-state index is 14.7. The fourth-order valence-electron chi connectivity index (χ4n) is 3.82. The van der Waals surface area contributed by atoms with E-state index in [1.165, 1.54) is 12.1 Å². The van der Waals surface area contributed by atoms with Crippen molar-refractivity contribution in [1.29, 1.82) is 0 Å². The van der Waals surface area contributed by atoms with E-state index in [0.29, 0.717) is 35.1 Å². The standard InChI is InChI=1S/C27H20ClFN4O/c28-20-6-7-25(29)24(13-20)26-14-23(22-5-2-9-32-27(22)33-26)19-11-18(15-31-16-19)17-3-1-4-21(12-17)34-10-8-30/h1-7,9,11-16H,8,10,30H2. The Hall–Kier alpha value is -3.87. The van der Waals surface area contributed by atoms with Crippen LogP contribution in [0.25, 0.3) is 44.5 Å². The zero-order valence-corrected chi connectivity index (χ0v) is 18.8. The molecule has 0 aliphatic rings. The van der Waals surface area contributed by atoms with Gasteiger partial charge in [-0.05, 0) is 65.7 Å². The van der Waals surface area contributed by atoms with Gasteiger partial charge < -0.3 is 10.5 Å². The van der Waals surface area contributed by atoms with Gasteiger partial charge in [-0.2, -0.15) is 0 Å². The van der Waals surface area contributed by atoms with Crippen LogP contribution in [0.1, 0.15) is 0 Å². The number of benzene rings is 2. The van der Waals surface area contributed by atoms with Gasteiger partial charge in [0.1, 0.15) is 18.2 Å². The van der Waals surface area contributed by atoms with E-state index in [1.807, 2.05) is 48.5 Å². The number of halogens is 2. The second kappa shape index (κ2) is 9.55. The number of nitrogens with two attached hydrogens (primary N) is 1. The third kappa shape index (κ3) is 4.46. The molecule has 0 aliphatic heterocycles. The number of nitrogens with zero attached hydrogens (tertiary/aromatic N) is 3. The Bertz CT molecular complexity index is 1490. The highest BCUT2D eigenvalue weighted by Crippen LogP contribution is 2.34. The molecule has 0 fully saturated rings. The minimum Gasteiger partial charge on any atom is -0.492 e. The number of pyridine rings is 3. The summed E-state index contributed by atoms with van der Waals surface area (Å²) in [6.07, 6.45) is 5.24. The van der Waals surface area contributed by atoms with Crippen LogP contribution in [0.5, 0.6) is 5.75 Å². The number of fused-ring (bicyclic) bond motifs is 1. The largest absolute Gasteiger partial charge is 0.492 e. The molecule has 0 saturated heterocycles. The fraction of sp³-hybridized carbons (Fsp3) is 0.0741. The van der Waals surface area contributed by atoms with Crippen LogP contribution in [-0.4, -0.2) is 28.1 Å². The van der Waals surface area contributed by atoms with Gasteiger partial charge in [-0.25, -0.2) is 14.4 Å². The van der Waals surface area contributed by atoms with Crippen molar-refractivity contribution in [2.75, 3.05) is 13.2 Å². The van der Waals surface area contributed by atoms with Crippen molar-refractivity contribution in [2.24, 2.45) is 5.73 Å². The number of ether oxygens (including phenoxy) is 1. The van der Waals surface area contributed by atoms with Crippen molar-refractivity contribution >= 4 is 22.6 Å². The van der Waals surface area contributed by atoms with E-state index in [1.54, 1.807) is 24.7 Å². The molecule has 5 rings (SSSR count). The van der Waals surface area contributed by atoms with E-state index in [2.05, 4.69) is 15.0 Å². The Kier molecular flexibility index (Phi) is 6.16. The Labute approximate surface area is 201 Å². The second-order valence-electron chi connectivity index (χ2n) is 7.68. The van der Waals surface area contributed by atoms with Crippen molar-refractivity contribution < 1.29 is 9.13 Å². The Morgan fingerprint density at radius 3 is 2.65 bits per heavy atom. The number of aromatic nitrogens is 3. The molecule has 5 aromatic rings. The van der Waals surface area contributed by atoms with Gasteiger partial charge >= 0.3 is 0 Å². The average molecular weight is 471 g/mol. The van der Waals surface area contributed by atoms with Crippen LogP contribution in [-0.2, 0) is 0 Å². The summed E-state index contributed by atoms with van der Waals surface area (Å²) in [6.45, 7) is 0.889. The summed E-state index contributed by atoms with van der Waals surface area (Å²) in [4.78, 5) is 13.5. The Morgan fingerprint density at radius 2 is 1.76 bits per heavy atom. The normalized spacial score (nSPS) is 11.0. The first-order valence-corrected chi connectivity index (χ1v) is 11.1. The van der Waals surface area contributed by atoms with Crippen LogP contribution in [0.3, 0.4) is 0 Å². The van der Waals surface area contributed by atoms with Gasteiger partial charge in [-0.15, -0.1) is 0 Å². The van der Waals surface area contributed by atoms with E-state index in [9.17, 15) is 4.39 Å². The molecule has 0 amide bonds. The highest BCUT2D eigenvalue weighted by Gasteiger charge is 2.14. The first-order chi connectivity index (χ1) is 16.6. The van der Waals surface area contributed by atoms with Crippen molar-refractivity contribution in [3.8, 4) is 39.3 Å². The summed E-state index contributed by atoms with van der Waals surface area (Å²) in [7, 11) is 0. The third-order valence-electron chi connectivity index (χ3n) is 5.39. The molecule has 34 heavy (non-hydrogen) atoms. The molecule has 0 unspecified atom stereocenters. The molecule has 0 radical (unpaired) electrons. The molecule has 0 saturated carbocycles. The van der Waals surface area contributed by atoms with Gasteiger partial charge in [0.25, 0.3) is 0 Å². The van der Waals surface area contributed by atoms with Crippen LogP contribution in [0.2, 0.25) is 5.02 Å². The summed E-state index contributed by atoms with van der Waals surface area (Å²) in [5, 5.41) is 1.27. The quantitative estimate of drug-likeness (QED) is 0.322. The van der Waals surface area contributed by atoms with Crippen LogP contribution < -0.4 is 10.5 Å². The van der Waals surface area contributed by atoms with E-state index >= 15 is 0 Å². The molecule has 0 atom stereocenters. The Morgan fingerprint density at radius 1 is 0.882 bits per heavy atom. The molecule has 0 spiro atoms. The van der Waals surface area contributed by atoms with E-state index in [-0.39, 0.29) is 0 Å². The summed E-state index contributed by atoms with van der Waals surface area (Å²) in [5.74, 6) is 0.338. The first-order valence-electron chi connectivity index (χ1n) is 10.7. The molecule has 0 bridgehead atoms. The van der Waals surface area contributed by atoms with Crippen molar-refractivity contribution in [3.05, 3.63) is 96.2 Å². The lowest BCUT2D eigenvalue weighted by molar-refractivity contribution is 0.328. The van der Waals surface area contributed by atoms with Crippen LogP contribution in [0.15, 0.2) is 85.3 Å². The molecule has 3 aromatic heterocycles. The number of hydrogen-bond acceptors (Lipinski definition) is 5. The van der Waals surface area contributed by atoms with Gasteiger partial charge in [-0.1, -0.05) is 23.7 Å². The molecular formula is C27H20ClFN4O. The molecule has 0 aliphatic carbocycles. The SMILES string of the molecule is NCCOc1cccc(-c2cncc(-c3cc(-c4cc(Cl)ccc4F)nc4ncccc34)c2)c1. The minimum atomic E-state index is -0.403.